The molecule has 1 heterocycles. The summed E-state index contributed by atoms with van der Waals surface area (Å²) in [6, 6.07) is -0.648. The van der Waals surface area contributed by atoms with Gasteiger partial charge in [0.05, 0.1) is 12.1 Å². The molecule has 0 bridgehead atoms. The van der Waals surface area contributed by atoms with Gasteiger partial charge in [0.15, 0.2) is 0 Å². The Labute approximate surface area is 103 Å². The van der Waals surface area contributed by atoms with Crippen molar-refractivity contribution >= 4 is 11.6 Å². The van der Waals surface area contributed by atoms with Crippen molar-refractivity contribution < 1.29 is 13.2 Å². The maximum atomic E-state index is 12.1. The van der Waals surface area contributed by atoms with E-state index in [1.165, 1.54) is 11.6 Å². The molecule has 0 saturated heterocycles. The first-order chi connectivity index (χ1) is 7.70. The molecule has 0 aromatic carbocycles. The highest BCUT2D eigenvalue weighted by Crippen LogP contribution is 2.22. The summed E-state index contributed by atoms with van der Waals surface area (Å²) in [5.74, 6) is 0. The molecule has 7 heteroatoms. The van der Waals surface area contributed by atoms with E-state index in [2.05, 4.69) is 10.4 Å². The number of aromatic nitrogens is 2. The minimum atomic E-state index is -4.15. The molecule has 1 N–H and O–H groups in total. The van der Waals surface area contributed by atoms with Crippen molar-refractivity contribution in [1.82, 2.24) is 15.1 Å². The molecule has 98 valence electrons. The number of hydrogen-bond acceptors (Lipinski definition) is 2. The molecule has 1 atom stereocenters. The van der Waals surface area contributed by atoms with Crippen LogP contribution in [-0.4, -0.2) is 22.0 Å². The van der Waals surface area contributed by atoms with Gasteiger partial charge in [0.25, 0.3) is 0 Å². The predicted molar refractivity (Wildman–Crippen MR) is 59.9 cm³/mol. The van der Waals surface area contributed by atoms with E-state index >= 15 is 0 Å². The number of hydrogen-bond donors (Lipinski definition) is 1. The molecule has 3 nitrogen and oxygen atoms in total. The highest BCUT2D eigenvalue weighted by atomic mass is 35.5. The third-order valence-electron chi connectivity index (χ3n) is 2.43. The van der Waals surface area contributed by atoms with Gasteiger partial charge in [-0.1, -0.05) is 11.6 Å². The van der Waals surface area contributed by atoms with Gasteiger partial charge in [0, 0.05) is 25.2 Å². The summed E-state index contributed by atoms with van der Waals surface area (Å²) in [4.78, 5) is 0. The van der Waals surface area contributed by atoms with E-state index in [4.69, 9.17) is 11.6 Å². The minimum absolute atomic E-state index is 0.287. The summed E-state index contributed by atoms with van der Waals surface area (Å²) in [6.45, 7) is 3.56. The van der Waals surface area contributed by atoms with Crippen molar-refractivity contribution in [3.63, 3.8) is 0 Å². The third kappa shape index (κ3) is 4.20. The summed E-state index contributed by atoms with van der Waals surface area (Å²) in [5, 5.41) is 7.33. The van der Waals surface area contributed by atoms with E-state index in [1.807, 2.05) is 0 Å². The van der Waals surface area contributed by atoms with E-state index in [1.54, 1.807) is 14.0 Å². The lowest BCUT2D eigenvalue weighted by atomic mass is 10.2. The van der Waals surface area contributed by atoms with Crippen LogP contribution < -0.4 is 5.32 Å². The van der Waals surface area contributed by atoms with Crippen LogP contribution in [0, 0.1) is 6.92 Å². The molecule has 17 heavy (non-hydrogen) atoms. The van der Waals surface area contributed by atoms with Gasteiger partial charge < -0.3 is 5.32 Å². The number of nitrogens with zero attached hydrogens (tertiary/aromatic N) is 2. The summed E-state index contributed by atoms with van der Waals surface area (Å²) in [5.41, 5.74) is 1.47. The first-order valence-electron chi connectivity index (χ1n) is 5.19. The van der Waals surface area contributed by atoms with Gasteiger partial charge in [0.1, 0.15) is 5.15 Å². The highest BCUT2D eigenvalue weighted by molar-refractivity contribution is 6.30. The number of rotatable bonds is 4. The highest BCUT2D eigenvalue weighted by Gasteiger charge is 2.29. The van der Waals surface area contributed by atoms with Crippen molar-refractivity contribution in [2.75, 3.05) is 0 Å². The number of aryl methyl sites for hydroxylation is 2. The second-order valence-electron chi connectivity index (χ2n) is 4.08. The predicted octanol–water partition coefficient (Wildman–Crippen LogP) is 2.81. The van der Waals surface area contributed by atoms with E-state index < -0.39 is 18.6 Å². The van der Waals surface area contributed by atoms with Gasteiger partial charge >= 0.3 is 6.18 Å². The summed E-state index contributed by atoms with van der Waals surface area (Å²) < 4.78 is 37.8. The van der Waals surface area contributed by atoms with Crippen molar-refractivity contribution in [2.45, 2.75) is 39.0 Å². The van der Waals surface area contributed by atoms with Crippen molar-refractivity contribution in [2.24, 2.45) is 7.05 Å². The first-order valence-corrected chi connectivity index (χ1v) is 5.56. The number of halogens is 4. The van der Waals surface area contributed by atoms with E-state index in [9.17, 15) is 13.2 Å². The van der Waals surface area contributed by atoms with Gasteiger partial charge in [-0.15, -0.1) is 0 Å². The molecular weight excluding hydrogens is 255 g/mol. The average molecular weight is 270 g/mol. The maximum Gasteiger partial charge on any atom is 0.390 e. The van der Waals surface area contributed by atoms with Crippen molar-refractivity contribution in [3.8, 4) is 0 Å². The van der Waals surface area contributed by atoms with Crippen LogP contribution >= 0.6 is 11.6 Å². The molecule has 1 aromatic rings. The summed E-state index contributed by atoms with van der Waals surface area (Å²) >= 11 is 5.97. The Hall–Kier alpha value is -0.750. The molecule has 0 aliphatic heterocycles. The standard InChI is InChI=1S/C10H15ClF3N3/c1-6(4-10(12,13)14)15-5-8-7(2)16-17(3)9(8)11/h6,15H,4-5H2,1-3H3. The fourth-order valence-corrected chi connectivity index (χ4v) is 1.81. The SMILES string of the molecule is Cc1nn(C)c(Cl)c1CNC(C)CC(F)(F)F. The Morgan fingerprint density at radius 3 is 2.47 bits per heavy atom. The van der Waals surface area contributed by atoms with Crippen LogP contribution in [0.4, 0.5) is 13.2 Å². The Kier molecular flexibility index (Phi) is 4.43. The van der Waals surface area contributed by atoms with Crippen LogP contribution in [0.3, 0.4) is 0 Å². The van der Waals surface area contributed by atoms with Crippen LogP contribution in [-0.2, 0) is 13.6 Å². The molecule has 1 aromatic heterocycles. The van der Waals surface area contributed by atoms with Crippen LogP contribution in [0.25, 0.3) is 0 Å². The Morgan fingerprint density at radius 2 is 2.06 bits per heavy atom. The lowest BCUT2D eigenvalue weighted by Crippen LogP contribution is -2.30. The fraction of sp³-hybridized carbons (Fsp3) is 0.700. The summed E-state index contributed by atoms with van der Waals surface area (Å²) in [7, 11) is 1.69. The van der Waals surface area contributed by atoms with Crippen LogP contribution in [0.1, 0.15) is 24.6 Å². The molecule has 0 saturated carbocycles. The molecule has 0 radical (unpaired) electrons. The van der Waals surface area contributed by atoms with Gasteiger partial charge in [-0.25, -0.2) is 0 Å². The number of alkyl halides is 3. The Balaban J connectivity index is 2.56. The van der Waals surface area contributed by atoms with Crippen LogP contribution in [0.2, 0.25) is 5.15 Å². The zero-order valence-electron chi connectivity index (χ0n) is 9.90. The second-order valence-corrected chi connectivity index (χ2v) is 4.44. The molecule has 0 aliphatic carbocycles. The van der Waals surface area contributed by atoms with Gasteiger partial charge in [-0.05, 0) is 13.8 Å². The Bertz CT molecular complexity index is 387. The van der Waals surface area contributed by atoms with E-state index in [0.717, 1.165) is 11.3 Å². The maximum absolute atomic E-state index is 12.1. The lowest BCUT2D eigenvalue weighted by molar-refractivity contribution is -0.139. The molecule has 0 aliphatic rings. The van der Waals surface area contributed by atoms with Gasteiger partial charge in [0.2, 0.25) is 0 Å². The zero-order chi connectivity index (χ0) is 13.2. The summed E-state index contributed by atoms with van der Waals surface area (Å²) in [6.07, 6.45) is -5.01. The minimum Gasteiger partial charge on any atom is -0.310 e. The smallest absolute Gasteiger partial charge is 0.310 e. The van der Waals surface area contributed by atoms with Crippen molar-refractivity contribution in [1.29, 1.82) is 0 Å². The largest absolute Gasteiger partial charge is 0.390 e. The van der Waals surface area contributed by atoms with Crippen LogP contribution in [0.5, 0.6) is 0 Å². The van der Waals surface area contributed by atoms with E-state index in [0.29, 0.717) is 5.15 Å². The molecule has 0 amide bonds. The lowest BCUT2D eigenvalue weighted by Gasteiger charge is -2.15. The van der Waals surface area contributed by atoms with E-state index in [-0.39, 0.29) is 6.54 Å². The van der Waals surface area contributed by atoms with Crippen molar-refractivity contribution in [3.05, 3.63) is 16.4 Å². The first kappa shape index (κ1) is 14.3. The normalized spacial score (nSPS) is 14.1. The molecular formula is C10H15ClF3N3. The number of nitrogens with one attached hydrogen (secondary N) is 1. The quantitative estimate of drug-likeness (QED) is 0.911. The van der Waals surface area contributed by atoms with Gasteiger partial charge in [-0.2, -0.15) is 18.3 Å². The molecule has 0 spiro atoms. The fourth-order valence-electron chi connectivity index (χ4n) is 1.57. The third-order valence-corrected chi connectivity index (χ3v) is 2.91. The molecule has 0 fully saturated rings. The average Bonchev–Trinajstić information content (AvgIpc) is 2.36. The van der Waals surface area contributed by atoms with Crippen LogP contribution in [0.15, 0.2) is 0 Å². The Morgan fingerprint density at radius 1 is 1.47 bits per heavy atom. The monoisotopic (exact) mass is 269 g/mol. The molecule has 1 rings (SSSR count). The topological polar surface area (TPSA) is 29.9 Å². The van der Waals surface area contributed by atoms with Gasteiger partial charge in [-0.3, -0.25) is 4.68 Å². The molecule has 1 unspecified atom stereocenters. The zero-order valence-corrected chi connectivity index (χ0v) is 10.7. The second kappa shape index (κ2) is 5.27.